The molecule has 1 saturated heterocycles. The first-order valence-electron chi connectivity index (χ1n) is 7.30. The summed E-state index contributed by atoms with van der Waals surface area (Å²) in [6.07, 6.45) is 5.53. The van der Waals surface area contributed by atoms with Crippen molar-refractivity contribution in [3.63, 3.8) is 0 Å². The van der Waals surface area contributed by atoms with Crippen molar-refractivity contribution in [1.82, 2.24) is 14.5 Å². The molecule has 0 radical (unpaired) electrons. The van der Waals surface area contributed by atoms with Gasteiger partial charge in [-0.25, -0.2) is 13.4 Å². The molecule has 1 aromatic rings. The van der Waals surface area contributed by atoms with E-state index in [0.29, 0.717) is 13.1 Å². The smallest absolute Gasteiger partial charge is 0.237 e. The van der Waals surface area contributed by atoms with Gasteiger partial charge in [-0.1, -0.05) is 0 Å². The van der Waals surface area contributed by atoms with Crippen molar-refractivity contribution in [1.29, 1.82) is 0 Å². The molecule has 0 unspecified atom stereocenters. The number of amides is 1. The number of nitrogens with zero attached hydrogens (tertiary/aromatic N) is 3. The minimum absolute atomic E-state index is 0.187. The molecule has 6 nitrogen and oxygen atoms in total. The van der Waals surface area contributed by atoms with Crippen LogP contribution in [-0.4, -0.2) is 52.9 Å². The first kappa shape index (κ1) is 16.0. The van der Waals surface area contributed by atoms with E-state index in [0.717, 1.165) is 18.7 Å². The van der Waals surface area contributed by atoms with Crippen LogP contribution in [0, 0.1) is 6.92 Å². The Kier molecular flexibility index (Phi) is 4.70. The van der Waals surface area contributed by atoms with Gasteiger partial charge in [-0.05, 0) is 33.6 Å². The zero-order chi connectivity index (χ0) is 15.6. The lowest BCUT2D eigenvalue weighted by atomic mass is 10.1. The van der Waals surface area contributed by atoms with Crippen LogP contribution in [0.3, 0.4) is 0 Å². The van der Waals surface area contributed by atoms with Crippen LogP contribution in [0.15, 0.2) is 12.4 Å². The molecule has 0 N–H and O–H groups in total. The average Bonchev–Trinajstić information content (AvgIpc) is 2.84. The van der Waals surface area contributed by atoms with Crippen molar-refractivity contribution in [3.05, 3.63) is 18.2 Å². The summed E-state index contributed by atoms with van der Waals surface area (Å²) in [7, 11) is -3.34. The maximum absolute atomic E-state index is 12.2. The molecule has 1 fully saturated rings. The number of sulfone groups is 1. The predicted molar refractivity (Wildman–Crippen MR) is 80.7 cm³/mol. The molecule has 0 spiro atoms. The number of piperidine rings is 1. The van der Waals surface area contributed by atoms with Gasteiger partial charge in [0.1, 0.15) is 11.6 Å². The van der Waals surface area contributed by atoms with Gasteiger partial charge in [-0.15, -0.1) is 0 Å². The highest BCUT2D eigenvalue weighted by Gasteiger charge is 2.29. The van der Waals surface area contributed by atoms with E-state index in [2.05, 4.69) is 9.55 Å². The molecule has 1 aliphatic heterocycles. The van der Waals surface area contributed by atoms with E-state index in [1.807, 2.05) is 13.1 Å². The maximum Gasteiger partial charge on any atom is 0.237 e. The first-order chi connectivity index (χ1) is 9.81. The van der Waals surface area contributed by atoms with E-state index in [9.17, 15) is 13.2 Å². The monoisotopic (exact) mass is 313 g/mol. The Balaban J connectivity index is 2.05. The lowest BCUT2D eigenvalue weighted by molar-refractivity contribution is -0.130. The van der Waals surface area contributed by atoms with E-state index in [4.69, 9.17) is 0 Å². The number of hydrogen-bond acceptors (Lipinski definition) is 4. The van der Waals surface area contributed by atoms with Crippen LogP contribution < -0.4 is 0 Å². The van der Waals surface area contributed by atoms with Crippen molar-refractivity contribution in [2.24, 2.45) is 0 Å². The Morgan fingerprint density at radius 1 is 1.48 bits per heavy atom. The number of hydrogen-bond donors (Lipinski definition) is 0. The van der Waals surface area contributed by atoms with Gasteiger partial charge < -0.3 is 9.47 Å². The number of likely N-dealkylation sites (tertiary alicyclic amines) is 1. The molecule has 0 bridgehead atoms. The Bertz CT molecular complexity index is 607. The van der Waals surface area contributed by atoms with Crippen LogP contribution >= 0.6 is 0 Å². The molecule has 2 heterocycles. The first-order valence-corrected chi connectivity index (χ1v) is 9.01. The molecular formula is C14H23N3O3S. The zero-order valence-corrected chi connectivity index (χ0v) is 13.6. The Morgan fingerprint density at radius 3 is 2.76 bits per heavy atom. The molecule has 0 aliphatic carbocycles. The third-order valence-electron chi connectivity index (χ3n) is 4.05. The van der Waals surface area contributed by atoms with Gasteiger partial charge >= 0.3 is 0 Å². The van der Waals surface area contributed by atoms with Gasteiger partial charge in [0.25, 0.3) is 0 Å². The molecule has 1 aliphatic rings. The van der Waals surface area contributed by atoms with E-state index < -0.39 is 15.1 Å². The third-order valence-corrected chi connectivity index (χ3v) is 6.13. The number of imidazole rings is 1. The van der Waals surface area contributed by atoms with Crippen LogP contribution in [0.25, 0.3) is 0 Å². The number of aromatic nitrogens is 2. The minimum atomic E-state index is -3.34. The Morgan fingerprint density at radius 2 is 2.19 bits per heavy atom. The van der Waals surface area contributed by atoms with Crippen LogP contribution in [0.1, 0.15) is 38.6 Å². The predicted octanol–water partition coefficient (Wildman–Crippen LogP) is 1.18. The van der Waals surface area contributed by atoms with Crippen LogP contribution in [0.4, 0.5) is 0 Å². The second-order valence-electron chi connectivity index (χ2n) is 5.87. The summed E-state index contributed by atoms with van der Waals surface area (Å²) in [6, 6.07) is 0.187. The average molecular weight is 313 g/mol. The summed E-state index contributed by atoms with van der Waals surface area (Å²) in [5, 5.41) is -0.516. The fourth-order valence-electron chi connectivity index (χ4n) is 2.61. The third kappa shape index (κ3) is 3.64. The van der Waals surface area contributed by atoms with E-state index in [1.54, 1.807) is 24.9 Å². The fraction of sp³-hybridized carbons (Fsp3) is 0.714. The lowest BCUT2D eigenvalue weighted by Crippen LogP contribution is -2.44. The van der Waals surface area contributed by atoms with Crippen LogP contribution in [-0.2, 0) is 14.6 Å². The summed E-state index contributed by atoms with van der Waals surface area (Å²) in [6.45, 7) is 6.34. The SMILES string of the molecule is Cc1nccn1[C@H]1CCCN(C(=O)CS(=O)(=O)C(C)C)C1. The number of carbonyl (C=O) groups is 1. The largest absolute Gasteiger partial charge is 0.340 e. The second kappa shape index (κ2) is 6.17. The van der Waals surface area contributed by atoms with Gasteiger partial charge in [0, 0.05) is 25.5 Å². The van der Waals surface area contributed by atoms with Gasteiger partial charge in [0.2, 0.25) is 5.91 Å². The summed E-state index contributed by atoms with van der Waals surface area (Å²) in [4.78, 5) is 18.1. The van der Waals surface area contributed by atoms with Crippen LogP contribution in [0.2, 0.25) is 0 Å². The molecular weight excluding hydrogens is 290 g/mol. The van der Waals surface area contributed by atoms with Crippen molar-refractivity contribution >= 4 is 15.7 Å². The zero-order valence-electron chi connectivity index (χ0n) is 12.8. The van der Waals surface area contributed by atoms with Crippen molar-refractivity contribution in [2.45, 2.75) is 44.9 Å². The van der Waals surface area contributed by atoms with E-state index in [-0.39, 0.29) is 17.7 Å². The molecule has 0 aromatic carbocycles. The van der Waals surface area contributed by atoms with Gasteiger partial charge in [0.05, 0.1) is 11.3 Å². The fourth-order valence-corrected chi connectivity index (χ4v) is 3.47. The molecule has 2 rings (SSSR count). The highest BCUT2D eigenvalue weighted by molar-refractivity contribution is 7.92. The molecule has 21 heavy (non-hydrogen) atoms. The maximum atomic E-state index is 12.2. The Hall–Kier alpha value is -1.37. The van der Waals surface area contributed by atoms with E-state index in [1.165, 1.54) is 0 Å². The number of aryl methyl sites for hydroxylation is 1. The number of rotatable bonds is 4. The molecule has 118 valence electrons. The minimum Gasteiger partial charge on any atom is -0.340 e. The standard InChI is InChI=1S/C14H23N3O3S/c1-11(2)21(19,20)10-14(18)16-7-4-5-13(9-16)17-8-6-15-12(17)3/h6,8,11,13H,4-5,7,9-10H2,1-3H3/t13-/m0/s1. The Labute approximate surface area is 126 Å². The van der Waals surface area contributed by atoms with E-state index >= 15 is 0 Å². The van der Waals surface area contributed by atoms with Crippen molar-refractivity contribution in [3.8, 4) is 0 Å². The van der Waals surface area contributed by atoms with Gasteiger partial charge in [-0.2, -0.15) is 0 Å². The quantitative estimate of drug-likeness (QED) is 0.837. The topological polar surface area (TPSA) is 72.3 Å². The normalized spacial score (nSPS) is 20.0. The highest BCUT2D eigenvalue weighted by Crippen LogP contribution is 2.23. The summed E-state index contributed by atoms with van der Waals surface area (Å²) in [5.41, 5.74) is 0. The van der Waals surface area contributed by atoms with Crippen molar-refractivity contribution < 1.29 is 13.2 Å². The van der Waals surface area contributed by atoms with Gasteiger partial charge in [0.15, 0.2) is 9.84 Å². The van der Waals surface area contributed by atoms with Gasteiger partial charge in [-0.3, -0.25) is 4.79 Å². The summed E-state index contributed by atoms with van der Waals surface area (Å²) < 4.78 is 25.8. The molecule has 0 saturated carbocycles. The lowest BCUT2D eigenvalue weighted by Gasteiger charge is -2.34. The molecule has 7 heteroatoms. The summed E-state index contributed by atoms with van der Waals surface area (Å²) >= 11 is 0. The second-order valence-corrected chi connectivity index (χ2v) is 8.43. The van der Waals surface area contributed by atoms with Crippen LogP contribution in [0.5, 0.6) is 0 Å². The molecule has 1 aromatic heterocycles. The summed E-state index contributed by atoms with van der Waals surface area (Å²) in [5.74, 6) is 0.246. The highest BCUT2D eigenvalue weighted by atomic mass is 32.2. The molecule has 1 amide bonds. The molecule has 1 atom stereocenters. The number of carbonyl (C=O) groups excluding carboxylic acids is 1. The van der Waals surface area contributed by atoms with Crippen molar-refractivity contribution in [2.75, 3.05) is 18.8 Å².